The van der Waals surface area contributed by atoms with Crippen molar-refractivity contribution >= 4 is 5.91 Å². The highest BCUT2D eigenvalue weighted by Crippen LogP contribution is 2.40. The van der Waals surface area contributed by atoms with Crippen LogP contribution in [-0.4, -0.2) is 35.2 Å². The first-order chi connectivity index (χ1) is 10.4. The first kappa shape index (κ1) is 16.5. The molecule has 22 heavy (non-hydrogen) atoms. The zero-order valence-electron chi connectivity index (χ0n) is 13.0. The maximum Gasteiger partial charge on any atom is 0.246 e. The number of benzene rings is 1. The van der Waals surface area contributed by atoms with Gasteiger partial charge in [-0.1, -0.05) is 6.58 Å². The van der Waals surface area contributed by atoms with E-state index in [1.807, 2.05) is 0 Å². The molecule has 1 saturated carbocycles. The van der Waals surface area contributed by atoms with E-state index in [0.717, 1.165) is 12.8 Å². The van der Waals surface area contributed by atoms with Gasteiger partial charge in [0.1, 0.15) is 11.6 Å². The topological polar surface area (TPSA) is 49.8 Å². The normalized spacial score (nSPS) is 16.7. The molecule has 0 aromatic heterocycles. The largest absolute Gasteiger partial charge is 0.497 e. The zero-order valence-corrected chi connectivity index (χ0v) is 13.0. The summed E-state index contributed by atoms with van der Waals surface area (Å²) in [6, 6.07) is 4.32. The van der Waals surface area contributed by atoms with Gasteiger partial charge in [-0.05, 0) is 49.5 Å². The van der Waals surface area contributed by atoms with Crippen LogP contribution in [0.4, 0.5) is 4.39 Å². The van der Waals surface area contributed by atoms with Gasteiger partial charge in [0.05, 0.1) is 19.3 Å². The summed E-state index contributed by atoms with van der Waals surface area (Å²) >= 11 is 0. The summed E-state index contributed by atoms with van der Waals surface area (Å²) in [6.45, 7) is 5.62. The van der Waals surface area contributed by atoms with Crippen molar-refractivity contribution in [3.63, 3.8) is 0 Å². The Kier molecular flexibility index (Phi) is 4.86. The van der Waals surface area contributed by atoms with Crippen LogP contribution in [0.15, 0.2) is 30.9 Å². The number of halogens is 1. The van der Waals surface area contributed by atoms with E-state index in [1.54, 1.807) is 13.0 Å². The molecular formula is C17H22FNO3. The van der Waals surface area contributed by atoms with Crippen molar-refractivity contribution in [1.82, 2.24) is 4.90 Å². The summed E-state index contributed by atoms with van der Waals surface area (Å²) in [4.78, 5) is 13.5. The summed E-state index contributed by atoms with van der Waals surface area (Å²) in [6.07, 6.45) is 3.15. The minimum atomic E-state index is -0.934. The Morgan fingerprint density at radius 1 is 1.55 bits per heavy atom. The molecule has 2 rings (SSSR count). The van der Waals surface area contributed by atoms with Crippen molar-refractivity contribution in [3.05, 3.63) is 42.2 Å². The van der Waals surface area contributed by atoms with E-state index in [1.165, 1.54) is 30.2 Å². The van der Waals surface area contributed by atoms with Crippen molar-refractivity contribution in [2.45, 2.75) is 31.9 Å². The van der Waals surface area contributed by atoms with Gasteiger partial charge in [-0.3, -0.25) is 4.79 Å². The fourth-order valence-corrected chi connectivity index (χ4v) is 2.61. The zero-order chi connectivity index (χ0) is 16.3. The van der Waals surface area contributed by atoms with E-state index < -0.39 is 11.4 Å². The minimum Gasteiger partial charge on any atom is -0.497 e. The molecular weight excluding hydrogens is 285 g/mol. The first-order valence-corrected chi connectivity index (χ1v) is 7.33. The predicted octanol–water partition coefficient (Wildman–Crippen LogP) is 2.51. The maximum absolute atomic E-state index is 13.6. The van der Waals surface area contributed by atoms with Gasteiger partial charge in [0.2, 0.25) is 5.91 Å². The molecule has 0 heterocycles. The Labute approximate surface area is 130 Å². The third-order valence-electron chi connectivity index (χ3n) is 3.99. The lowest BCUT2D eigenvalue weighted by atomic mass is 9.99. The molecule has 1 unspecified atom stereocenters. The molecule has 0 bridgehead atoms. The number of nitrogens with zero attached hydrogens (tertiary/aromatic N) is 1. The van der Waals surface area contributed by atoms with Gasteiger partial charge >= 0.3 is 0 Å². The summed E-state index contributed by atoms with van der Waals surface area (Å²) in [5.74, 6) is -0.0944. The van der Waals surface area contributed by atoms with Crippen molar-refractivity contribution < 1.29 is 19.0 Å². The highest BCUT2D eigenvalue weighted by molar-refractivity contribution is 5.87. The van der Waals surface area contributed by atoms with E-state index >= 15 is 0 Å². The van der Waals surface area contributed by atoms with E-state index in [0.29, 0.717) is 11.3 Å². The summed E-state index contributed by atoms with van der Waals surface area (Å²) in [7, 11) is 1.46. The summed E-state index contributed by atoms with van der Waals surface area (Å²) in [5.41, 5.74) is -0.325. The van der Waals surface area contributed by atoms with E-state index in [4.69, 9.17) is 4.74 Å². The number of methoxy groups -OCH3 is 1. The number of carbonyl (C=O) groups excluding carboxylic acids is 1. The Morgan fingerprint density at radius 3 is 2.77 bits per heavy atom. The number of aliphatic hydroxyl groups is 1. The number of carbonyl (C=O) groups is 1. The molecule has 1 aromatic rings. The van der Waals surface area contributed by atoms with E-state index in [9.17, 15) is 14.3 Å². The second-order valence-corrected chi connectivity index (χ2v) is 6.03. The molecule has 120 valence electrons. The minimum absolute atomic E-state index is 0.196. The predicted molar refractivity (Wildman–Crippen MR) is 81.9 cm³/mol. The number of ether oxygens (including phenoxy) is 1. The molecule has 4 nitrogen and oxygen atoms in total. The van der Waals surface area contributed by atoms with Gasteiger partial charge in [0.25, 0.3) is 0 Å². The number of amides is 1. The van der Waals surface area contributed by atoms with Crippen LogP contribution in [0.3, 0.4) is 0 Å². The molecule has 0 saturated heterocycles. The third kappa shape index (κ3) is 4.07. The van der Waals surface area contributed by atoms with Gasteiger partial charge < -0.3 is 14.7 Å². The van der Waals surface area contributed by atoms with Gasteiger partial charge in [-0.15, -0.1) is 0 Å². The molecule has 5 heteroatoms. The lowest BCUT2D eigenvalue weighted by Crippen LogP contribution is -2.44. The molecule has 1 atom stereocenters. The Hall–Kier alpha value is -1.88. The van der Waals surface area contributed by atoms with Crippen molar-refractivity contribution in [2.75, 3.05) is 13.7 Å². The number of rotatable bonds is 7. The molecule has 1 aliphatic rings. The number of hydrogen-bond donors (Lipinski definition) is 1. The number of hydrogen-bond acceptors (Lipinski definition) is 3. The molecule has 0 aliphatic heterocycles. The second kappa shape index (κ2) is 6.48. The third-order valence-corrected chi connectivity index (χ3v) is 3.99. The molecule has 0 radical (unpaired) electrons. The van der Waals surface area contributed by atoms with Crippen molar-refractivity contribution in [3.8, 4) is 5.75 Å². The maximum atomic E-state index is 13.6. The summed E-state index contributed by atoms with van der Waals surface area (Å²) < 4.78 is 18.6. The smallest absolute Gasteiger partial charge is 0.246 e. The molecule has 1 aromatic carbocycles. The van der Waals surface area contributed by atoms with Crippen LogP contribution in [0.25, 0.3) is 0 Å². The molecule has 1 N–H and O–H groups in total. The fraction of sp³-hybridized carbons (Fsp3) is 0.471. The molecule has 1 fully saturated rings. The fourth-order valence-electron chi connectivity index (χ4n) is 2.61. The molecule has 1 aliphatic carbocycles. The van der Waals surface area contributed by atoms with Crippen LogP contribution in [0.1, 0.15) is 25.3 Å². The molecule has 1 amide bonds. The summed E-state index contributed by atoms with van der Waals surface area (Å²) in [5, 5.41) is 10.5. The van der Waals surface area contributed by atoms with Gasteiger partial charge in [-0.2, -0.15) is 0 Å². The van der Waals surface area contributed by atoms with Crippen LogP contribution in [0.5, 0.6) is 5.75 Å². The van der Waals surface area contributed by atoms with Crippen molar-refractivity contribution in [2.24, 2.45) is 5.92 Å². The monoisotopic (exact) mass is 307 g/mol. The lowest BCUT2D eigenvalue weighted by molar-refractivity contribution is -0.130. The lowest BCUT2D eigenvalue weighted by Gasteiger charge is -2.31. The first-order valence-electron chi connectivity index (χ1n) is 7.33. The van der Waals surface area contributed by atoms with Crippen LogP contribution in [0.2, 0.25) is 0 Å². The van der Waals surface area contributed by atoms with E-state index in [2.05, 4.69) is 6.58 Å². The van der Waals surface area contributed by atoms with Gasteiger partial charge in [0, 0.05) is 12.6 Å². The average molecular weight is 307 g/mol. The Balaban J connectivity index is 2.17. The van der Waals surface area contributed by atoms with Crippen LogP contribution >= 0.6 is 0 Å². The van der Waals surface area contributed by atoms with Crippen molar-refractivity contribution in [1.29, 1.82) is 0 Å². The van der Waals surface area contributed by atoms with Gasteiger partial charge in [-0.25, -0.2) is 4.39 Å². The van der Waals surface area contributed by atoms with Crippen LogP contribution in [0, 0.1) is 11.7 Å². The molecule has 0 spiro atoms. The Morgan fingerprint density at radius 2 is 2.23 bits per heavy atom. The average Bonchev–Trinajstić information content (AvgIpc) is 3.29. The SMILES string of the molecule is C=CC(=O)N(Cc1cc(F)cc(OC)c1)CC(C)(O)C1CC1. The second-order valence-electron chi connectivity index (χ2n) is 6.03. The quantitative estimate of drug-likeness (QED) is 0.788. The van der Waals surface area contributed by atoms with Crippen LogP contribution in [-0.2, 0) is 11.3 Å². The highest BCUT2D eigenvalue weighted by Gasteiger charge is 2.41. The van der Waals surface area contributed by atoms with Crippen LogP contribution < -0.4 is 4.74 Å². The Bertz CT molecular complexity index is 567. The standard InChI is InChI=1S/C17H22FNO3/c1-4-16(20)19(11-17(2,21)13-5-6-13)10-12-7-14(18)9-15(8-12)22-3/h4,7-9,13,21H,1,5-6,10-11H2,2-3H3. The highest BCUT2D eigenvalue weighted by atomic mass is 19.1. The van der Waals surface area contributed by atoms with E-state index in [-0.39, 0.29) is 24.9 Å². The van der Waals surface area contributed by atoms with Gasteiger partial charge in [0.15, 0.2) is 0 Å².